The van der Waals surface area contributed by atoms with Crippen molar-refractivity contribution in [1.82, 2.24) is 35.1 Å². The van der Waals surface area contributed by atoms with Crippen molar-refractivity contribution in [3.8, 4) is 47.3 Å². The molecule has 4 fully saturated rings. The Kier molecular flexibility index (Phi) is 31.3. The zero-order valence-corrected chi connectivity index (χ0v) is 65.8. The van der Waals surface area contributed by atoms with Gasteiger partial charge < -0.3 is 23.9 Å². The van der Waals surface area contributed by atoms with Crippen LogP contribution in [0.15, 0.2) is 122 Å². The van der Waals surface area contributed by atoms with E-state index in [9.17, 15) is 14.4 Å². The number of aromatic amines is 1. The molecule has 1 N–H and O–H groups in total. The topological polar surface area (TPSA) is 276 Å². The van der Waals surface area contributed by atoms with Gasteiger partial charge >= 0.3 is 0 Å². The van der Waals surface area contributed by atoms with E-state index in [-0.39, 0.29) is 41.8 Å². The number of aromatic nitrogens is 7. The van der Waals surface area contributed by atoms with Crippen LogP contribution >= 0.6 is 46.4 Å². The Labute approximate surface area is 655 Å². The van der Waals surface area contributed by atoms with E-state index in [1.807, 2.05) is 54.9 Å². The Morgan fingerprint density at radius 2 is 0.759 bits per heavy atom. The average Bonchev–Trinajstić information content (AvgIpc) is 1.78. The highest BCUT2D eigenvalue weighted by Gasteiger charge is 2.30. The molecule has 0 unspecified atom stereocenters. The molecule has 22 heteroatoms. The molecule has 4 aliphatic carbocycles. The van der Waals surface area contributed by atoms with Crippen LogP contribution in [0.4, 0.5) is 0 Å². The van der Waals surface area contributed by atoms with E-state index in [0.717, 1.165) is 131 Å². The SMILES string of the molecule is CC(C)c1ccc(C(=O)CC2CCC(Oc3ccc(C#N)c(Cl)c3)CC2)nc1.CC(C)c1ccc(C(=O)CC2CCC(Oc3ccc(C#N)c(Cl)c3)CC2)nn1.CC(C)c1cnc(C(=O)CC2CCC(Oc3ccc(C#N)c(Cl)c3)CC2)cn1.CC(C)c1ncc(C2CCC(Oc3ccc(C#N)c(Cl)c3)CC2)[nH]1. The lowest BCUT2D eigenvalue weighted by molar-refractivity contribution is 0.0891. The second-order valence-corrected chi connectivity index (χ2v) is 31.4. The quantitative estimate of drug-likeness (QED) is 0.0617. The number of carbonyl (C=O) groups excluding carboxylic acids is 3. The number of nitrogens with zero attached hydrogens (tertiary/aromatic N) is 10. The number of nitrogens with one attached hydrogen (secondary N) is 1. The van der Waals surface area contributed by atoms with E-state index < -0.39 is 0 Å². The molecule has 0 bridgehead atoms. The van der Waals surface area contributed by atoms with Crippen LogP contribution in [0.5, 0.6) is 23.0 Å². The van der Waals surface area contributed by atoms with Crippen molar-refractivity contribution < 1.29 is 33.3 Å². The van der Waals surface area contributed by atoms with Crippen LogP contribution in [0, 0.1) is 63.1 Å². The monoisotopic (exact) mass is 1530 g/mol. The second kappa shape index (κ2) is 40.8. The second-order valence-electron chi connectivity index (χ2n) is 29.8. The third-order valence-electron chi connectivity index (χ3n) is 20.4. The molecule has 0 aliphatic heterocycles. The van der Waals surface area contributed by atoms with Gasteiger partial charge in [0, 0.05) is 79.6 Å². The molecule has 4 aromatic heterocycles. The molecule has 0 amide bonds. The maximum atomic E-state index is 12.5. The summed E-state index contributed by atoms with van der Waals surface area (Å²) < 4.78 is 24.1. The minimum Gasteiger partial charge on any atom is -0.490 e. The summed E-state index contributed by atoms with van der Waals surface area (Å²) in [5, 5.41) is 45.7. The number of ketones is 3. The Morgan fingerprint density at radius 3 is 1.06 bits per heavy atom. The van der Waals surface area contributed by atoms with Gasteiger partial charge in [-0.3, -0.25) is 24.4 Å². The zero-order chi connectivity index (χ0) is 77.4. The maximum absolute atomic E-state index is 12.5. The normalized spacial score (nSPS) is 19.6. The average molecular weight is 1540 g/mol. The summed E-state index contributed by atoms with van der Waals surface area (Å²) >= 11 is 24.3. The summed E-state index contributed by atoms with van der Waals surface area (Å²) in [6, 6.07) is 36.4. The highest BCUT2D eigenvalue weighted by molar-refractivity contribution is 6.32. The number of imidazole rings is 1. The summed E-state index contributed by atoms with van der Waals surface area (Å²) in [6.45, 7) is 16.7. The van der Waals surface area contributed by atoms with Crippen LogP contribution < -0.4 is 18.9 Å². The lowest BCUT2D eigenvalue weighted by Gasteiger charge is -2.28. The van der Waals surface area contributed by atoms with Gasteiger partial charge in [-0.1, -0.05) is 108 Å². The smallest absolute Gasteiger partial charge is 0.183 e. The van der Waals surface area contributed by atoms with Crippen LogP contribution in [0.1, 0.15) is 289 Å². The summed E-state index contributed by atoms with van der Waals surface area (Å²) in [5.41, 5.74) is 7.49. The first-order valence-corrected chi connectivity index (χ1v) is 39.2. The predicted molar refractivity (Wildman–Crippen MR) is 420 cm³/mol. The fourth-order valence-electron chi connectivity index (χ4n) is 13.7. The Bertz CT molecular complexity index is 4120. The minimum absolute atomic E-state index is 0.0612. The van der Waals surface area contributed by atoms with Gasteiger partial charge in [0.2, 0.25) is 0 Å². The molecule has 0 radical (unpaired) electrons. The largest absolute Gasteiger partial charge is 0.490 e. The van der Waals surface area contributed by atoms with Crippen molar-refractivity contribution >= 4 is 63.8 Å². The molecule has 12 rings (SSSR count). The summed E-state index contributed by atoms with van der Waals surface area (Å²) in [4.78, 5) is 58.4. The van der Waals surface area contributed by atoms with Gasteiger partial charge in [-0.2, -0.15) is 26.1 Å². The Hall–Kier alpha value is -9.27. The van der Waals surface area contributed by atoms with Gasteiger partial charge in [-0.15, -0.1) is 5.10 Å². The van der Waals surface area contributed by atoms with Crippen molar-refractivity contribution in [2.75, 3.05) is 0 Å². The number of Topliss-reactive ketones (excluding diaryl/α,β-unsaturated/α-hetero) is 3. The van der Waals surface area contributed by atoms with Crippen molar-refractivity contribution in [2.45, 2.75) is 231 Å². The number of halogens is 4. The number of hydrogen-bond acceptors (Lipinski definition) is 17. The number of nitriles is 4. The van der Waals surface area contributed by atoms with Crippen molar-refractivity contribution in [3.05, 3.63) is 210 Å². The fraction of sp³-hybridized carbons (Fsp3) is 0.453. The lowest BCUT2D eigenvalue weighted by atomic mass is 9.83. The van der Waals surface area contributed by atoms with Crippen LogP contribution in [0.25, 0.3) is 0 Å². The number of hydrogen-bond donors (Lipinski definition) is 1. The predicted octanol–water partition coefficient (Wildman–Crippen LogP) is 21.8. The molecule has 0 atom stereocenters. The maximum Gasteiger partial charge on any atom is 0.183 e. The first-order chi connectivity index (χ1) is 51.9. The van der Waals surface area contributed by atoms with E-state index in [1.165, 1.54) is 5.69 Å². The van der Waals surface area contributed by atoms with Crippen LogP contribution in [-0.2, 0) is 0 Å². The Balaban J connectivity index is 0.000000166. The molecular weight excluding hydrogens is 1440 g/mol. The zero-order valence-electron chi connectivity index (χ0n) is 62.8. The first-order valence-electron chi connectivity index (χ1n) is 37.7. The molecule has 0 spiro atoms. The molecule has 108 heavy (non-hydrogen) atoms. The van der Waals surface area contributed by atoms with E-state index in [1.54, 1.807) is 85.2 Å². The van der Waals surface area contributed by atoms with E-state index in [4.69, 9.17) is 86.4 Å². The fourth-order valence-corrected chi connectivity index (χ4v) is 14.6. The number of benzene rings is 4. The summed E-state index contributed by atoms with van der Waals surface area (Å²) in [5.74, 6) is 7.18. The van der Waals surface area contributed by atoms with Crippen LogP contribution in [0.3, 0.4) is 0 Å². The Morgan fingerprint density at radius 1 is 0.389 bits per heavy atom. The molecule has 0 saturated heterocycles. The van der Waals surface area contributed by atoms with Gasteiger partial charge in [0.15, 0.2) is 17.3 Å². The molecule has 4 aliphatic rings. The summed E-state index contributed by atoms with van der Waals surface area (Å²) in [7, 11) is 0. The van der Waals surface area contributed by atoms with Gasteiger partial charge in [-0.05, 0) is 211 Å². The number of H-pyrrole nitrogens is 1. The molecular formula is C86H95Cl4N11O7. The van der Waals surface area contributed by atoms with Gasteiger partial charge in [0.25, 0.3) is 0 Å². The molecule has 564 valence electrons. The molecule has 8 aromatic rings. The first kappa shape index (κ1) is 82.8. The molecule has 4 aromatic carbocycles. The van der Waals surface area contributed by atoms with E-state index in [0.29, 0.717) is 143 Å². The highest BCUT2D eigenvalue weighted by atomic mass is 35.5. The number of carbonyl (C=O) groups is 3. The molecule has 4 saturated carbocycles. The van der Waals surface area contributed by atoms with E-state index in [2.05, 4.69) is 96.6 Å². The minimum atomic E-state index is 0.0612. The van der Waals surface area contributed by atoms with Gasteiger partial charge in [0.05, 0.1) is 84.3 Å². The molecule has 18 nitrogen and oxygen atoms in total. The lowest BCUT2D eigenvalue weighted by Crippen LogP contribution is -2.25. The third kappa shape index (κ3) is 24.6. The van der Waals surface area contributed by atoms with Gasteiger partial charge in [-0.25, -0.2) is 9.97 Å². The number of rotatable bonds is 22. The standard InChI is InChI=1S/C23H25ClN2O2.2C22H24ClN3O2.C19H22ClN3O/c1-15(2)18-6-10-22(26-14-18)23(27)11-16-3-7-19(8-4-16)28-20-9-5-17(13-25)21(24)12-20;1-14(2)20-12-26-21(13-25-20)22(27)9-15-3-6-17(7-4-15)28-18-8-5-16(11-24)19(23)10-18;1-14(2)20-9-10-21(26-25-20)22(27)11-15-3-6-17(7-4-15)28-18-8-5-16(13-24)19(23)12-18;1-12(2)19-22-11-18(23-19)13-3-6-15(7-4-13)24-16-8-5-14(10-21)17(20)9-16/h5-6,9-10,12,14-16,19H,3-4,7-8,11H2,1-2H3;5,8,10,12-15,17H,3-4,6-7,9H2,1-2H3;5,8-10,12,14-15,17H,3-4,6-7,11H2,1-2H3;5,8-9,11-13,15H,3-4,6-7H2,1-2H3,(H,22,23). The third-order valence-corrected chi connectivity index (χ3v) is 21.6. The van der Waals surface area contributed by atoms with Crippen molar-refractivity contribution in [1.29, 1.82) is 21.0 Å². The number of pyridine rings is 1. The van der Waals surface area contributed by atoms with Crippen LogP contribution in [-0.4, -0.2) is 76.9 Å². The number of ether oxygens (including phenoxy) is 4. The summed E-state index contributed by atoms with van der Waals surface area (Å²) in [6.07, 6.45) is 24.5. The highest BCUT2D eigenvalue weighted by Crippen LogP contribution is 2.38. The van der Waals surface area contributed by atoms with Crippen LogP contribution in [0.2, 0.25) is 20.1 Å². The van der Waals surface area contributed by atoms with Crippen molar-refractivity contribution in [2.24, 2.45) is 17.8 Å². The van der Waals surface area contributed by atoms with Crippen molar-refractivity contribution in [3.63, 3.8) is 0 Å². The van der Waals surface area contributed by atoms with E-state index >= 15 is 0 Å². The molecule has 4 heterocycles. The van der Waals surface area contributed by atoms with Gasteiger partial charge in [0.1, 0.15) is 70.2 Å².